The van der Waals surface area contributed by atoms with Crippen molar-refractivity contribution in [1.29, 1.82) is 0 Å². The molecule has 0 aliphatic carbocycles. The van der Waals surface area contributed by atoms with Crippen molar-refractivity contribution in [2.24, 2.45) is 5.73 Å². The van der Waals surface area contributed by atoms with Gasteiger partial charge in [0, 0.05) is 16.6 Å². The standard InChI is InChI=1S/C20H19N3O2S/c1-12-4-3-5-16-13(2)10-18(23-19(12)16)26-11-17(24)22-15-8-6-14(7-9-15)20(21)25/h3-10H,11H2,1-2H3,(H2,21,25)(H,22,24). The van der Waals surface area contributed by atoms with Crippen LogP contribution in [0.1, 0.15) is 21.5 Å². The van der Waals surface area contributed by atoms with Gasteiger partial charge in [0.05, 0.1) is 16.3 Å². The van der Waals surface area contributed by atoms with Crippen molar-refractivity contribution >= 4 is 40.2 Å². The molecule has 0 radical (unpaired) electrons. The molecule has 6 heteroatoms. The minimum atomic E-state index is -0.494. The molecule has 0 fully saturated rings. The highest BCUT2D eigenvalue weighted by Gasteiger charge is 2.09. The molecule has 1 aromatic heterocycles. The molecule has 0 aliphatic heterocycles. The van der Waals surface area contributed by atoms with Gasteiger partial charge in [0.25, 0.3) is 0 Å². The van der Waals surface area contributed by atoms with Crippen molar-refractivity contribution in [2.45, 2.75) is 18.9 Å². The zero-order valence-electron chi connectivity index (χ0n) is 14.6. The van der Waals surface area contributed by atoms with Gasteiger partial charge < -0.3 is 11.1 Å². The van der Waals surface area contributed by atoms with E-state index < -0.39 is 5.91 Å². The fraction of sp³-hybridized carbons (Fsp3) is 0.150. The monoisotopic (exact) mass is 365 g/mol. The zero-order chi connectivity index (χ0) is 18.7. The van der Waals surface area contributed by atoms with E-state index in [1.54, 1.807) is 24.3 Å². The number of pyridine rings is 1. The van der Waals surface area contributed by atoms with Crippen LogP contribution in [0.3, 0.4) is 0 Å². The SMILES string of the molecule is Cc1cc(SCC(=O)Nc2ccc(C(N)=O)cc2)nc2c(C)cccc12. The van der Waals surface area contributed by atoms with Gasteiger partial charge >= 0.3 is 0 Å². The van der Waals surface area contributed by atoms with Crippen LogP contribution >= 0.6 is 11.8 Å². The van der Waals surface area contributed by atoms with E-state index in [1.165, 1.54) is 11.8 Å². The van der Waals surface area contributed by atoms with Gasteiger partial charge in [0.15, 0.2) is 0 Å². The van der Waals surface area contributed by atoms with Gasteiger partial charge in [-0.25, -0.2) is 4.98 Å². The molecule has 0 atom stereocenters. The third-order valence-corrected chi connectivity index (χ3v) is 4.94. The molecule has 2 aromatic carbocycles. The van der Waals surface area contributed by atoms with Crippen LogP contribution in [0.5, 0.6) is 0 Å². The Labute approximate surface area is 156 Å². The highest BCUT2D eigenvalue weighted by atomic mass is 32.2. The zero-order valence-corrected chi connectivity index (χ0v) is 15.4. The number of para-hydroxylation sites is 1. The number of carbonyl (C=O) groups is 2. The quantitative estimate of drug-likeness (QED) is 0.676. The summed E-state index contributed by atoms with van der Waals surface area (Å²) in [4.78, 5) is 27.9. The molecule has 0 bridgehead atoms. The summed E-state index contributed by atoms with van der Waals surface area (Å²) < 4.78 is 0. The van der Waals surface area contributed by atoms with Gasteiger partial charge in [-0.1, -0.05) is 30.0 Å². The van der Waals surface area contributed by atoms with E-state index in [4.69, 9.17) is 5.73 Å². The Morgan fingerprint density at radius 3 is 2.50 bits per heavy atom. The summed E-state index contributed by atoms with van der Waals surface area (Å²) in [7, 11) is 0. The van der Waals surface area contributed by atoms with E-state index in [2.05, 4.69) is 16.4 Å². The topological polar surface area (TPSA) is 85.1 Å². The van der Waals surface area contributed by atoms with E-state index in [0.717, 1.165) is 27.1 Å². The van der Waals surface area contributed by atoms with Crippen LogP contribution in [0, 0.1) is 13.8 Å². The second kappa shape index (κ2) is 7.58. The van der Waals surface area contributed by atoms with Crippen molar-refractivity contribution in [2.75, 3.05) is 11.1 Å². The number of fused-ring (bicyclic) bond motifs is 1. The number of primary amides is 1. The molecule has 26 heavy (non-hydrogen) atoms. The lowest BCUT2D eigenvalue weighted by Gasteiger charge is -2.09. The van der Waals surface area contributed by atoms with Crippen molar-refractivity contribution in [3.8, 4) is 0 Å². The first-order valence-electron chi connectivity index (χ1n) is 8.13. The smallest absolute Gasteiger partial charge is 0.248 e. The summed E-state index contributed by atoms with van der Waals surface area (Å²) in [6.45, 7) is 4.08. The first kappa shape index (κ1) is 17.9. The second-order valence-corrected chi connectivity index (χ2v) is 7.02. The number of aromatic nitrogens is 1. The lowest BCUT2D eigenvalue weighted by atomic mass is 10.1. The van der Waals surface area contributed by atoms with E-state index in [1.807, 2.05) is 32.0 Å². The predicted molar refractivity (Wildman–Crippen MR) is 106 cm³/mol. The number of nitrogens with zero attached hydrogens (tertiary/aromatic N) is 1. The van der Waals surface area contributed by atoms with Crippen LogP contribution in [0.2, 0.25) is 0 Å². The number of aryl methyl sites for hydroxylation is 2. The van der Waals surface area contributed by atoms with E-state index in [0.29, 0.717) is 11.3 Å². The van der Waals surface area contributed by atoms with Crippen molar-refractivity contribution in [3.63, 3.8) is 0 Å². The molecule has 3 N–H and O–H groups in total. The van der Waals surface area contributed by atoms with E-state index >= 15 is 0 Å². The third kappa shape index (κ3) is 4.03. The average molecular weight is 365 g/mol. The number of anilines is 1. The van der Waals surface area contributed by atoms with Gasteiger partial charge in [0.2, 0.25) is 11.8 Å². The van der Waals surface area contributed by atoms with E-state index in [9.17, 15) is 9.59 Å². The minimum Gasteiger partial charge on any atom is -0.366 e. The largest absolute Gasteiger partial charge is 0.366 e. The summed E-state index contributed by atoms with van der Waals surface area (Å²) in [5.74, 6) is -0.376. The van der Waals surface area contributed by atoms with Crippen LogP contribution < -0.4 is 11.1 Å². The highest BCUT2D eigenvalue weighted by Crippen LogP contribution is 2.25. The first-order valence-corrected chi connectivity index (χ1v) is 9.12. The number of hydrogen-bond donors (Lipinski definition) is 2. The molecule has 132 valence electrons. The lowest BCUT2D eigenvalue weighted by Crippen LogP contribution is -2.15. The first-order chi connectivity index (χ1) is 12.4. The molecule has 0 saturated heterocycles. The number of carbonyl (C=O) groups excluding carboxylic acids is 2. The minimum absolute atomic E-state index is 0.133. The van der Waals surface area contributed by atoms with Gasteiger partial charge in [-0.05, 0) is 55.3 Å². The van der Waals surface area contributed by atoms with Crippen LogP contribution in [-0.2, 0) is 4.79 Å². The van der Waals surface area contributed by atoms with Gasteiger partial charge in [-0.3, -0.25) is 9.59 Å². The number of rotatable bonds is 5. The second-order valence-electron chi connectivity index (χ2n) is 6.03. The van der Waals surface area contributed by atoms with Crippen molar-refractivity contribution in [3.05, 3.63) is 65.2 Å². The molecule has 1 heterocycles. The summed E-state index contributed by atoms with van der Waals surface area (Å²) in [5.41, 5.74) is 9.46. The highest BCUT2D eigenvalue weighted by molar-refractivity contribution is 7.99. The molecule has 5 nitrogen and oxygen atoms in total. The van der Waals surface area contributed by atoms with Crippen molar-refractivity contribution in [1.82, 2.24) is 4.98 Å². The molecule has 3 aromatic rings. The van der Waals surface area contributed by atoms with Gasteiger partial charge in [0.1, 0.15) is 0 Å². The Morgan fingerprint density at radius 1 is 1.08 bits per heavy atom. The van der Waals surface area contributed by atoms with Crippen LogP contribution in [0.4, 0.5) is 5.69 Å². The summed E-state index contributed by atoms with van der Waals surface area (Å²) in [6, 6.07) is 14.6. The number of nitrogens with one attached hydrogen (secondary N) is 1. The Balaban J connectivity index is 1.67. The maximum Gasteiger partial charge on any atom is 0.248 e. The Morgan fingerprint density at radius 2 is 1.81 bits per heavy atom. The fourth-order valence-electron chi connectivity index (χ4n) is 2.66. The van der Waals surface area contributed by atoms with Crippen LogP contribution in [0.15, 0.2) is 53.6 Å². The molecule has 0 spiro atoms. The predicted octanol–water partition coefficient (Wildman–Crippen LogP) is 3.68. The molecule has 0 aliphatic rings. The molecule has 0 unspecified atom stereocenters. The Bertz CT molecular complexity index is 984. The number of hydrogen-bond acceptors (Lipinski definition) is 4. The summed E-state index contributed by atoms with van der Waals surface area (Å²) in [5, 5.41) is 4.76. The molecule has 3 rings (SSSR count). The number of amides is 2. The fourth-order valence-corrected chi connectivity index (χ4v) is 3.43. The average Bonchev–Trinajstić information content (AvgIpc) is 2.61. The molecular weight excluding hydrogens is 346 g/mol. The Kier molecular flexibility index (Phi) is 5.23. The molecule has 2 amide bonds. The molecular formula is C20H19N3O2S. The maximum absolute atomic E-state index is 12.2. The summed E-state index contributed by atoms with van der Waals surface area (Å²) in [6.07, 6.45) is 0. The van der Waals surface area contributed by atoms with Gasteiger partial charge in [-0.15, -0.1) is 0 Å². The third-order valence-electron chi connectivity index (χ3n) is 4.03. The Hall–Kier alpha value is -2.86. The lowest BCUT2D eigenvalue weighted by molar-refractivity contribution is -0.113. The number of thioether (sulfide) groups is 1. The number of nitrogens with two attached hydrogens (primary N) is 1. The van der Waals surface area contributed by atoms with Crippen molar-refractivity contribution < 1.29 is 9.59 Å². The van der Waals surface area contributed by atoms with Crippen LogP contribution in [-0.4, -0.2) is 22.6 Å². The summed E-state index contributed by atoms with van der Waals surface area (Å²) >= 11 is 1.40. The van der Waals surface area contributed by atoms with Crippen LogP contribution in [0.25, 0.3) is 10.9 Å². The van der Waals surface area contributed by atoms with Gasteiger partial charge in [-0.2, -0.15) is 0 Å². The maximum atomic E-state index is 12.2. The van der Waals surface area contributed by atoms with E-state index in [-0.39, 0.29) is 11.7 Å². The molecule has 0 saturated carbocycles. The normalized spacial score (nSPS) is 10.7. The number of benzene rings is 2.